The summed E-state index contributed by atoms with van der Waals surface area (Å²) >= 11 is 0. The molecule has 0 spiro atoms. The maximum atomic E-state index is 5.68. The Labute approximate surface area is 81.2 Å². The number of hydrogen-bond acceptors (Lipinski definition) is 3. The van der Waals surface area contributed by atoms with Gasteiger partial charge in [-0.1, -0.05) is 0 Å². The smallest absolute Gasteiger partial charge is 0.0615 e. The molecule has 1 aliphatic rings. The van der Waals surface area contributed by atoms with Crippen LogP contribution in [0.25, 0.3) is 0 Å². The van der Waals surface area contributed by atoms with Gasteiger partial charge in [0.2, 0.25) is 0 Å². The molecule has 3 heteroatoms. The second kappa shape index (κ2) is 4.94. The van der Waals surface area contributed by atoms with Gasteiger partial charge in [0.05, 0.1) is 6.61 Å². The van der Waals surface area contributed by atoms with Crippen LogP contribution < -0.4 is 5.73 Å². The van der Waals surface area contributed by atoms with Gasteiger partial charge in [-0.2, -0.15) is 0 Å². The van der Waals surface area contributed by atoms with Crippen molar-refractivity contribution in [3.05, 3.63) is 0 Å². The number of hydrogen-bond donors (Lipinski definition) is 1. The van der Waals surface area contributed by atoms with Gasteiger partial charge in [-0.05, 0) is 39.3 Å². The van der Waals surface area contributed by atoms with Crippen LogP contribution in [0.1, 0.15) is 19.8 Å². The third kappa shape index (κ3) is 2.42. The highest BCUT2D eigenvalue weighted by atomic mass is 16.5. The standard InChI is InChI=1S/C10H22N2O/c1-8(7-13-3)12(2)10-5-4-9(10)6-11/h8-10H,4-7,11H2,1-3H3. The second-order valence-electron chi connectivity index (χ2n) is 4.11. The Kier molecular flexibility index (Phi) is 4.16. The van der Waals surface area contributed by atoms with Crippen LogP contribution >= 0.6 is 0 Å². The van der Waals surface area contributed by atoms with Crippen molar-refractivity contribution < 1.29 is 4.74 Å². The van der Waals surface area contributed by atoms with E-state index in [0.717, 1.165) is 13.2 Å². The maximum Gasteiger partial charge on any atom is 0.0615 e. The van der Waals surface area contributed by atoms with Crippen molar-refractivity contribution in [3.63, 3.8) is 0 Å². The van der Waals surface area contributed by atoms with Gasteiger partial charge in [-0.3, -0.25) is 4.90 Å². The van der Waals surface area contributed by atoms with Crippen LogP contribution in [-0.2, 0) is 4.74 Å². The molecule has 1 fully saturated rings. The van der Waals surface area contributed by atoms with Crippen molar-refractivity contribution in [2.75, 3.05) is 27.3 Å². The Balaban J connectivity index is 2.33. The Morgan fingerprint density at radius 1 is 1.54 bits per heavy atom. The molecule has 3 atom stereocenters. The monoisotopic (exact) mass is 186 g/mol. The van der Waals surface area contributed by atoms with E-state index in [0.29, 0.717) is 18.0 Å². The molecule has 0 bridgehead atoms. The third-order valence-corrected chi connectivity index (χ3v) is 3.31. The fourth-order valence-electron chi connectivity index (χ4n) is 2.05. The highest BCUT2D eigenvalue weighted by Crippen LogP contribution is 2.31. The average molecular weight is 186 g/mol. The summed E-state index contributed by atoms with van der Waals surface area (Å²) in [5.74, 6) is 0.712. The largest absolute Gasteiger partial charge is 0.383 e. The number of nitrogens with two attached hydrogens (primary N) is 1. The van der Waals surface area contributed by atoms with E-state index < -0.39 is 0 Å². The summed E-state index contributed by atoms with van der Waals surface area (Å²) in [4.78, 5) is 2.41. The predicted molar refractivity (Wildman–Crippen MR) is 54.7 cm³/mol. The first-order valence-corrected chi connectivity index (χ1v) is 5.11. The zero-order valence-corrected chi connectivity index (χ0v) is 8.99. The number of nitrogens with zero attached hydrogens (tertiary/aromatic N) is 1. The zero-order chi connectivity index (χ0) is 9.84. The summed E-state index contributed by atoms with van der Waals surface area (Å²) in [5, 5.41) is 0. The lowest BCUT2D eigenvalue weighted by molar-refractivity contribution is 0.0264. The van der Waals surface area contributed by atoms with E-state index in [1.54, 1.807) is 7.11 Å². The minimum Gasteiger partial charge on any atom is -0.383 e. The molecule has 0 aromatic heterocycles. The SMILES string of the molecule is COCC(C)N(C)C1CCC1CN. The van der Waals surface area contributed by atoms with Crippen molar-refractivity contribution in [2.45, 2.75) is 31.8 Å². The van der Waals surface area contributed by atoms with E-state index >= 15 is 0 Å². The lowest BCUT2D eigenvalue weighted by Crippen LogP contribution is -2.52. The van der Waals surface area contributed by atoms with Gasteiger partial charge in [0.15, 0.2) is 0 Å². The van der Waals surface area contributed by atoms with E-state index in [1.807, 2.05) is 0 Å². The van der Waals surface area contributed by atoms with Crippen molar-refractivity contribution >= 4 is 0 Å². The Bertz CT molecular complexity index is 150. The molecule has 13 heavy (non-hydrogen) atoms. The fraction of sp³-hybridized carbons (Fsp3) is 1.00. The quantitative estimate of drug-likeness (QED) is 0.686. The molecule has 1 saturated carbocycles. The predicted octanol–water partition coefficient (Wildman–Crippen LogP) is 0.690. The molecule has 0 heterocycles. The summed E-state index contributed by atoms with van der Waals surface area (Å²) in [6.45, 7) is 3.84. The normalized spacial score (nSPS) is 30.2. The second-order valence-corrected chi connectivity index (χ2v) is 4.11. The van der Waals surface area contributed by atoms with Crippen LogP contribution in [-0.4, -0.2) is 44.3 Å². The van der Waals surface area contributed by atoms with Gasteiger partial charge >= 0.3 is 0 Å². The van der Waals surface area contributed by atoms with Crippen molar-refractivity contribution in [3.8, 4) is 0 Å². The third-order valence-electron chi connectivity index (χ3n) is 3.31. The number of ether oxygens (including phenoxy) is 1. The van der Waals surface area contributed by atoms with Crippen LogP contribution in [0.3, 0.4) is 0 Å². The minimum atomic E-state index is 0.504. The Morgan fingerprint density at radius 2 is 2.23 bits per heavy atom. The lowest BCUT2D eigenvalue weighted by atomic mass is 9.78. The highest BCUT2D eigenvalue weighted by molar-refractivity contribution is 4.89. The molecule has 0 aliphatic heterocycles. The number of likely N-dealkylation sites (N-methyl/N-ethyl adjacent to an activating group) is 1. The van der Waals surface area contributed by atoms with E-state index in [-0.39, 0.29) is 0 Å². The van der Waals surface area contributed by atoms with Gasteiger partial charge in [-0.15, -0.1) is 0 Å². The molecule has 1 aliphatic carbocycles. The van der Waals surface area contributed by atoms with Crippen molar-refractivity contribution in [1.29, 1.82) is 0 Å². The molecule has 3 nitrogen and oxygen atoms in total. The molecular formula is C10H22N2O. The van der Waals surface area contributed by atoms with Crippen LogP contribution in [0, 0.1) is 5.92 Å². The molecule has 3 unspecified atom stereocenters. The zero-order valence-electron chi connectivity index (χ0n) is 8.99. The first kappa shape index (κ1) is 11.0. The molecule has 78 valence electrons. The molecule has 0 aromatic carbocycles. The summed E-state index contributed by atoms with van der Waals surface area (Å²) in [6, 6.07) is 1.19. The average Bonchev–Trinajstić information content (AvgIpc) is 2.03. The first-order valence-electron chi connectivity index (χ1n) is 5.11. The first-order chi connectivity index (χ1) is 6.20. The van der Waals surface area contributed by atoms with Gasteiger partial charge < -0.3 is 10.5 Å². The molecule has 0 saturated heterocycles. The Hall–Kier alpha value is -0.120. The molecule has 0 amide bonds. The summed E-state index contributed by atoms with van der Waals surface area (Å²) in [7, 11) is 3.93. The van der Waals surface area contributed by atoms with Crippen LogP contribution in [0.5, 0.6) is 0 Å². The highest BCUT2D eigenvalue weighted by Gasteiger charge is 2.34. The topological polar surface area (TPSA) is 38.5 Å². The van der Waals surface area contributed by atoms with Crippen LogP contribution in [0.15, 0.2) is 0 Å². The van der Waals surface area contributed by atoms with Gasteiger partial charge in [0.25, 0.3) is 0 Å². The summed E-state index contributed by atoms with van der Waals surface area (Å²) < 4.78 is 5.14. The lowest BCUT2D eigenvalue weighted by Gasteiger charge is -2.44. The van der Waals surface area contributed by atoms with Gasteiger partial charge in [0, 0.05) is 19.2 Å². The van der Waals surface area contributed by atoms with Gasteiger partial charge in [-0.25, -0.2) is 0 Å². The van der Waals surface area contributed by atoms with Crippen molar-refractivity contribution in [1.82, 2.24) is 4.90 Å². The molecule has 0 aromatic rings. The molecule has 0 radical (unpaired) electrons. The molecular weight excluding hydrogens is 164 g/mol. The van der Waals surface area contributed by atoms with Crippen molar-refractivity contribution in [2.24, 2.45) is 11.7 Å². The summed E-state index contributed by atoms with van der Waals surface area (Å²) in [6.07, 6.45) is 2.59. The molecule has 1 rings (SSSR count). The maximum absolute atomic E-state index is 5.68. The molecule has 2 N–H and O–H groups in total. The van der Waals surface area contributed by atoms with E-state index in [4.69, 9.17) is 10.5 Å². The minimum absolute atomic E-state index is 0.504. The number of methoxy groups -OCH3 is 1. The van der Waals surface area contributed by atoms with E-state index in [9.17, 15) is 0 Å². The van der Waals surface area contributed by atoms with Gasteiger partial charge in [0.1, 0.15) is 0 Å². The number of rotatable bonds is 5. The fourth-order valence-corrected chi connectivity index (χ4v) is 2.05. The van der Waals surface area contributed by atoms with E-state index in [2.05, 4.69) is 18.9 Å². The van der Waals surface area contributed by atoms with Crippen LogP contribution in [0.2, 0.25) is 0 Å². The van der Waals surface area contributed by atoms with Crippen LogP contribution in [0.4, 0.5) is 0 Å². The van der Waals surface area contributed by atoms with E-state index in [1.165, 1.54) is 12.8 Å². The summed E-state index contributed by atoms with van der Waals surface area (Å²) in [5.41, 5.74) is 5.68. The Morgan fingerprint density at radius 3 is 2.62 bits per heavy atom.